The van der Waals surface area contributed by atoms with E-state index < -0.39 is 21.8 Å². The summed E-state index contributed by atoms with van der Waals surface area (Å²) in [5.41, 5.74) is -2.69. The van der Waals surface area contributed by atoms with E-state index in [0.29, 0.717) is 6.54 Å². The van der Waals surface area contributed by atoms with Gasteiger partial charge in [-0.2, -0.15) is 21.0 Å². The first-order valence-corrected chi connectivity index (χ1v) is 15.4. The SMILES string of the molecule is CC(C)C(=O)NC(C)(C)C#N.CC(C)C(=O)NCC(C)(C)C#N.CC(C)NC(=O)C(C)(C)C#N.CC(C)NC(=O)CC(C)(C)C#N. The van der Waals surface area contributed by atoms with E-state index in [1.807, 2.05) is 53.7 Å². The summed E-state index contributed by atoms with van der Waals surface area (Å²) < 4.78 is 0. The number of rotatable bonds is 10. The van der Waals surface area contributed by atoms with Gasteiger partial charge in [-0.1, -0.05) is 27.7 Å². The topological polar surface area (TPSA) is 212 Å². The van der Waals surface area contributed by atoms with Gasteiger partial charge in [0.1, 0.15) is 11.0 Å². The van der Waals surface area contributed by atoms with Gasteiger partial charge in [0.25, 0.3) is 0 Å². The third-order valence-electron chi connectivity index (χ3n) is 5.39. The molecule has 46 heavy (non-hydrogen) atoms. The molecule has 0 aromatic carbocycles. The highest BCUT2D eigenvalue weighted by molar-refractivity contribution is 5.84. The van der Waals surface area contributed by atoms with Crippen molar-refractivity contribution in [3.8, 4) is 24.3 Å². The summed E-state index contributed by atoms with van der Waals surface area (Å²) in [5.74, 6) is -0.441. The minimum absolute atomic E-state index is 0.00155. The monoisotopic (exact) mass is 644 g/mol. The van der Waals surface area contributed by atoms with Gasteiger partial charge >= 0.3 is 0 Å². The molecule has 0 heterocycles. The molecule has 12 nitrogen and oxygen atoms in total. The highest BCUT2D eigenvalue weighted by Gasteiger charge is 2.27. The molecule has 4 N–H and O–H groups in total. The zero-order valence-corrected chi connectivity index (χ0v) is 31.1. The zero-order chi connectivity index (χ0) is 37.7. The van der Waals surface area contributed by atoms with Crippen molar-refractivity contribution < 1.29 is 19.2 Å². The summed E-state index contributed by atoms with van der Waals surface area (Å²) in [6.45, 7) is 28.9. The van der Waals surface area contributed by atoms with Crippen molar-refractivity contribution >= 4 is 23.6 Å². The van der Waals surface area contributed by atoms with Crippen LogP contribution in [-0.4, -0.2) is 47.8 Å². The molecule has 0 unspecified atom stereocenters. The molecular formula is C34H60N8O4. The predicted molar refractivity (Wildman–Crippen MR) is 180 cm³/mol. The molecule has 0 atom stereocenters. The molecule has 0 bridgehead atoms. The van der Waals surface area contributed by atoms with Crippen molar-refractivity contribution in [3.63, 3.8) is 0 Å². The van der Waals surface area contributed by atoms with Crippen LogP contribution in [0.2, 0.25) is 0 Å². The van der Waals surface area contributed by atoms with Crippen LogP contribution < -0.4 is 21.3 Å². The van der Waals surface area contributed by atoms with E-state index in [0.717, 1.165) is 0 Å². The Morgan fingerprint density at radius 2 is 1.00 bits per heavy atom. The van der Waals surface area contributed by atoms with Crippen LogP contribution in [0, 0.1) is 73.4 Å². The second-order valence-electron chi connectivity index (χ2n) is 14.5. The fraction of sp³-hybridized carbons (Fsp3) is 0.765. The molecule has 12 heteroatoms. The molecule has 0 aromatic heterocycles. The summed E-state index contributed by atoms with van der Waals surface area (Å²) >= 11 is 0. The summed E-state index contributed by atoms with van der Waals surface area (Å²) in [6, 6.07) is 8.37. The minimum atomic E-state index is -0.912. The van der Waals surface area contributed by atoms with Crippen LogP contribution in [0.4, 0.5) is 0 Å². The van der Waals surface area contributed by atoms with Gasteiger partial charge in [0.15, 0.2) is 0 Å². The van der Waals surface area contributed by atoms with Crippen LogP contribution in [0.15, 0.2) is 0 Å². The Balaban J connectivity index is -0.000000256. The maximum Gasteiger partial charge on any atom is 0.240 e. The lowest BCUT2D eigenvalue weighted by Crippen LogP contribution is -2.43. The zero-order valence-electron chi connectivity index (χ0n) is 31.1. The highest BCUT2D eigenvalue weighted by Crippen LogP contribution is 2.18. The van der Waals surface area contributed by atoms with Crippen LogP contribution in [0.1, 0.15) is 117 Å². The number of carbonyl (C=O) groups excluding carboxylic acids is 4. The predicted octanol–water partition coefficient (Wildman–Crippen LogP) is 4.88. The van der Waals surface area contributed by atoms with E-state index in [1.165, 1.54) is 0 Å². The lowest BCUT2D eigenvalue weighted by atomic mass is 9.91. The second kappa shape index (κ2) is 22.4. The largest absolute Gasteiger partial charge is 0.354 e. The number of nitrogens with one attached hydrogen (secondary N) is 4. The van der Waals surface area contributed by atoms with Crippen molar-refractivity contribution in [2.24, 2.45) is 28.1 Å². The Bertz CT molecular complexity index is 1140. The maximum absolute atomic E-state index is 11.2. The smallest absolute Gasteiger partial charge is 0.240 e. The fourth-order valence-electron chi connectivity index (χ4n) is 2.34. The number of nitriles is 4. The quantitative estimate of drug-likeness (QED) is 0.257. The van der Waals surface area contributed by atoms with Gasteiger partial charge in [0.2, 0.25) is 23.6 Å². The van der Waals surface area contributed by atoms with Crippen molar-refractivity contribution in [1.29, 1.82) is 21.0 Å². The molecule has 0 radical (unpaired) electrons. The van der Waals surface area contributed by atoms with Crippen molar-refractivity contribution in [2.75, 3.05) is 6.54 Å². The lowest BCUT2D eigenvalue weighted by Gasteiger charge is -2.18. The molecule has 0 aromatic rings. The Morgan fingerprint density at radius 1 is 0.587 bits per heavy atom. The molecule has 0 aliphatic carbocycles. The van der Waals surface area contributed by atoms with Gasteiger partial charge in [-0.3, -0.25) is 19.2 Å². The van der Waals surface area contributed by atoms with Crippen LogP contribution >= 0.6 is 0 Å². The number of hydrogen-bond acceptors (Lipinski definition) is 8. The van der Waals surface area contributed by atoms with E-state index in [2.05, 4.69) is 33.4 Å². The summed E-state index contributed by atoms with van der Waals surface area (Å²) in [4.78, 5) is 44.5. The van der Waals surface area contributed by atoms with Crippen molar-refractivity contribution in [3.05, 3.63) is 0 Å². The van der Waals surface area contributed by atoms with Crippen LogP contribution in [-0.2, 0) is 19.2 Å². The molecule has 0 fully saturated rings. The normalized spacial score (nSPS) is 11.0. The lowest BCUT2D eigenvalue weighted by molar-refractivity contribution is -0.127. The van der Waals surface area contributed by atoms with Gasteiger partial charge in [-0.25, -0.2) is 0 Å². The van der Waals surface area contributed by atoms with Crippen LogP contribution in [0.25, 0.3) is 0 Å². The Morgan fingerprint density at radius 3 is 1.30 bits per heavy atom. The standard InChI is InChI=1S/2C9H16N2O.2C8H14N2O/c1-7(2)8(12)11-6-9(3,4)5-10;1-7(2)11-8(12)5-9(3,4)6-10;1-6(2)10-7(11)8(3,4)5-9;1-6(2)7(11)10-8(3,4)5-9/h7H,6H2,1-4H3,(H,11,12);7H,5H2,1-4H3,(H,11,12);2*6H,1-4H3,(H,10,11). The van der Waals surface area contributed by atoms with Gasteiger partial charge in [0, 0.05) is 36.9 Å². The highest BCUT2D eigenvalue weighted by atomic mass is 16.2. The fourth-order valence-corrected chi connectivity index (χ4v) is 2.34. The molecular weight excluding hydrogens is 584 g/mol. The van der Waals surface area contributed by atoms with Gasteiger partial charge in [-0.15, -0.1) is 0 Å². The Kier molecular flexibility index (Phi) is 23.7. The van der Waals surface area contributed by atoms with E-state index in [9.17, 15) is 19.2 Å². The molecule has 4 amide bonds. The summed E-state index contributed by atoms with van der Waals surface area (Å²) in [7, 11) is 0. The maximum atomic E-state index is 11.2. The molecule has 260 valence electrons. The van der Waals surface area contributed by atoms with Crippen LogP contribution in [0.3, 0.4) is 0 Å². The first-order valence-electron chi connectivity index (χ1n) is 15.4. The Hall–Kier alpha value is -4.16. The Labute approximate surface area is 278 Å². The first kappa shape index (κ1) is 48.7. The average molecular weight is 645 g/mol. The van der Waals surface area contributed by atoms with Crippen molar-refractivity contribution in [1.82, 2.24) is 21.3 Å². The second-order valence-corrected chi connectivity index (χ2v) is 14.5. The van der Waals surface area contributed by atoms with E-state index in [1.54, 1.807) is 69.2 Å². The summed E-state index contributed by atoms with van der Waals surface area (Å²) in [6.07, 6.45) is 0.266. The molecule has 0 aliphatic rings. The van der Waals surface area contributed by atoms with Crippen molar-refractivity contribution in [2.45, 2.75) is 135 Å². The van der Waals surface area contributed by atoms with Gasteiger partial charge in [-0.05, 0) is 83.1 Å². The van der Waals surface area contributed by atoms with E-state index in [4.69, 9.17) is 21.0 Å². The third-order valence-corrected chi connectivity index (χ3v) is 5.39. The first-order chi connectivity index (χ1) is 20.5. The number of carbonyl (C=O) groups is 4. The molecule has 0 rings (SSSR count). The van der Waals surface area contributed by atoms with E-state index >= 15 is 0 Å². The molecule has 0 aliphatic heterocycles. The van der Waals surface area contributed by atoms with Gasteiger partial charge < -0.3 is 21.3 Å². The average Bonchev–Trinajstić information content (AvgIpc) is 2.91. The van der Waals surface area contributed by atoms with Crippen LogP contribution in [0.5, 0.6) is 0 Å². The number of hydrogen-bond donors (Lipinski definition) is 4. The third kappa shape index (κ3) is 28.6. The molecule has 0 saturated heterocycles. The van der Waals surface area contributed by atoms with E-state index in [-0.39, 0.29) is 54.0 Å². The number of nitrogens with zero attached hydrogens (tertiary/aromatic N) is 4. The summed E-state index contributed by atoms with van der Waals surface area (Å²) in [5, 5.41) is 45.2. The molecule has 0 spiro atoms. The molecule has 0 saturated carbocycles. The van der Waals surface area contributed by atoms with Gasteiger partial charge in [0.05, 0.1) is 35.1 Å². The minimum Gasteiger partial charge on any atom is -0.354 e. The number of amides is 4.